The standard InChI is InChI=1S/C20H22N2O2/c1-2-11-23-19-6-4-3-5-18(19)14-21-12-17-9-10-20(22-13-17)24-15-16-7-8-16/h1,3-6,9-10,13,16,21H,7-8,11-12,14-15H2. The van der Waals surface area contributed by atoms with Gasteiger partial charge in [-0.3, -0.25) is 0 Å². The Morgan fingerprint density at radius 2 is 2.00 bits per heavy atom. The summed E-state index contributed by atoms with van der Waals surface area (Å²) in [6.07, 6.45) is 9.68. The van der Waals surface area contributed by atoms with E-state index in [0.717, 1.165) is 35.9 Å². The van der Waals surface area contributed by atoms with Gasteiger partial charge < -0.3 is 14.8 Å². The molecule has 0 bridgehead atoms. The topological polar surface area (TPSA) is 43.4 Å². The van der Waals surface area contributed by atoms with E-state index in [-0.39, 0.29) is 6.61 Å². The van der Waals surface area contributed by atoms with Crippen LogP contribution in [-0.4, -0.2) is 18.2 Å². The normalized spacial score (nSPS) is 13.3. The number of nitrogens with zero attached hydrogens (tertiary/aromatic N) is 1. The number of hydrogen-bond donors (Lipinski definition) is 1. The smallest absolute Gasteiger partial charge is 0.213 e. The third-order valence-corrected chi connectivity index (χ3v) is 3.89. The summed E-state index contributed by atoms with van der Waals surface area (Å²) in [5.41, 5.74) is 2.21. The van der Waals surface area contributed by atoms with Crippen molar-refractivity contribution in [1.29, 1.82) is 0 Å². The molecule has 0 radical (unpaired) electrons. The number of benzene rings is 1. The highest BCUT2D eigenvalue weighted by Gasteiger charge is 2.21. The molecule has 1 aromatic carbocycles. The summed E-state index contributed by atoms with van der Waals surface area (Å²) in [7, 11) is 0. The molecule has 4 nitrogen and oxygen atoms in total. The second-order valence-electron chi connectivity index (χ2n) is 5.96. The molecule has 1 fully saturated rings. The van der Waals surface area contributed by atoms with E-state index in [1.807, 2.05) is 42.6 Å². The molecule has 0 saturated heterocycles. The van der Waals surface area contributed by atoms with E-state index in [1.165, 1.54) is 12.8 Å². The molecule has 124 valence electrons. The van der Waals surface area contributed by atoms with Gasteiger partial charge in [-0.25, -0.2) is 4.98 Å². The first-order chi connectivity index (χ1) is 11.8. The molecule has 2 aromatic rings. The Hall–Kier alpha value is -2.51. The minimum atomic E-state index is 0.281. The Bertz CT molecular complexity index is 688. The lowest BCUT2D eigenvalue weighted by molar-refractivity contribution is 0.288. The average molecular weight is 322 g/mol. The Morgan fingerprint density at radius 1 is 1.12 bits per heavy atom. The van der Waals surface area contributed by atoms with Crippen molar-refractivity contribution in [3.8, 4) is 24.0 Å². The predicted octanol–water partition coefficient (Wildman–Crippen LogP) is 3.17. The van der Waals surface area contributed by atoms with Crippen LogP contribution in [0.5, 0.6) is 11.6 Å². The van der Waals surface area contributed by atoms with Crippen molar-refractivity contribution < 1.29 is 9.47 Å². The molecule has 1 saturated carbocycles. The molecule has 1 aliphatic carbocycles. The molecule has 0 atom stereocenters. The quantitative estimate of drug-likeness (QED) is 0.720. The fourth-order valence-corrected chi connectivity index (χ4v) is 2.34. The van der Waals surface area contributed by atoms with Crippen LogP contribution in [0.3, 0.4) is 0 Å². The molecule has 0 aliphatic heterocycles. The second kappa shape index (κ2) is 8.37. The third-order valence-electron chi connectivity index (χ3n) is 3.89. The SMILES string of the molecule is C#CCOc1ccccc1CNCc1ccc(OCC2CC2)nc1. The fourth-order valence-electron chi connectivity index (χ4n) is 2.34. The fraction of sp³-hybridized carbons (Fsp3) is 0.350. The van der Waals surface area contributed by atoms with Gasteiger partial charge in [-0.2, -0.15) is 0 Å². The van der Waals surface area contributed by atoms with Gasteiger partial charge in [-0.05, 0) is 30.4 Å². The molecule has 0 spiro atoms. The van der Waals surface area contributed by atoms with Crippen molar-refractivity contribution in [3.63, 3.8) is 0 Å². The number of pyridine rings is 1. The lowest BCUT2D eigenvalue weighted by atomic mass is 10.2. The maximum absolute atomic E-state index is 5.65. The van der Waals surface area contributed by atoms with Crippen LogP contribution in [-0.2, 0) is 13.1 Å². The van der Waals surface area contributed by atoms with Crippen LogP contribution >= 0.6 is 0 Å². The number of terminal acetylenes is 1. The number of aromatic nitrogens is 1. The van der Waals surface area contributed by atoms with Crippen LogP contribution in [0.25, 0.3) is 0 Å². The van der Waals surface area contributed by atoms with Crippen LogP contribution in [0.2, 0.25) is 0 Å². The summed E-state index contributed by atoms with van der Waals surface area (Å²) in [4.78, 5) is 4.35. The van der Waals surface area contributed by atoms with Crippen LogP contribution < -0.4 is 14.8 Å². The third kappa shape index (κ3) is 5.00. The summed E-state index contributed by atoms with van der Waals surface area (Å²) in [5.74, 6) is 4.76. The first-order valence-electron chi connectivity index (χ1n) is 8.28. The Morgan fingerprint density at radius 3 is 2.75 bits per heavy atom. The largest absolute Gasteiger partial charge is 0.481 e. The van der Waals surface area contributed by atoms with E-state index in [2.05, 4.69) is 16.2 Å². The van der Waals surface area contributed by atoms with Gasteiger partial charge >= 0.3 is 0 Å². The van der Waals surface area contributed by atoms with Gasteiger partial charge in [0.2, 0.25) is 5.88 Å². The molecule has 1 aromatic heterocycles. The molecule has 0 amide bonds. The highest BCUT2D eigenvalue weighted by Crippen LogP contribution is 2.29. The zero-order valence-corrected chi connectivity index (χ0v) is 13.7. The Labute approximate surface area is 143 Å². The van der Waals surface area contributed by atoms with Gasteiger partial charge in [0, 0.05) is 30.9 Å². The highest BCUT2D eigenvalue weighted by molar-refractivity contribution is 5.33. The second-order valence-corrected chi connectivity index (χ2v) is 5.96. The first kappa shape index (κ1) is 16.4. The van der Waals surface area contributed by atoms with Crippen molar-refractivity contribution in [2.75, 3.05) is 13.2 Å². The van der Waals surface area contributed by atoms with Crippen LogP contribution in [0.4, 0.5) is 0 Å². The van der Waals surface area contributed by atoms with E-state index < -0.39 is 0 Å². The van der Waals surface area contributed by atoms with E-state index >= 15 is 0 Å². The zero-order valence-electron chi connectivity index (χ0n) is 13.7. The highest BCUT2D eigenvalue weighted by atomic mass is 16.5. The molecule has 1 aliphatic rings. The minimum Gasteiger partial charge on any atom is -0.481 e. The predicted molar refractivity (Wildman–Crippen MR) is 93.8 cm³/mol. The zero-order chi connectivity index (χ0) is 16.6. The van der Waals surface area contributed by atoms with Crippen molar-refractivity contribution >= 4 is 0 Å². The van der Waals surface area contributed by atoms with Gasteiger partial charge in [-0.1, -0.05) is 30.2 Å². The summed E-state index contributed by atoms with van der Waals surface area (Å²) >= 11 is 0. The van der Waals surface area contributed by atoms with Gasteiger partial charge in [0.1, 0.15) is 12.4 Å². The van der Waals surface area contributed by atoms with Gasteiger partial charge in [0.05, 0.1) is 6.61 Å². The van der Waals surface area contributed by atoms with Crippen molar-refractivity contribution in [2.24, 2.45) is 5.92 Å². The van der Waals surface area contributed by atoms with Gasteiger partial charge in [0.25, 0.3) is 0 Å². The maximum Gasteiger partial charge on any atom is 0.213 e. The van der Waals surface area contributed by atoms with Crippen molar-refractivity contribution in [3.05, 3.63) is 53.7 Å². The Balaban J connectivity index is 1.46. The molecule has 4 heteroatoms. The minimum absolute atomic E-state index is 0.281. The van der Waals surface area contributed by atoms with E-state index in [1.54, 1.807) is 0 Å². The summed E-state index contributed by atoms with van der Waals surface area (Å²) < 4.78 is 11.2. The van der Waals surface area contributed by atoms with Crippen LogP contribution in [0, 0.1) is 18.3 Å². The average Bonchev–Trinajstić information content (AvgIpc) is 3.45. The summed E-state index contributed by atoms with van der Waals surface area (Å²) in [6.45, 7) is 2.52. The van der Waals surface area contributed by atoms with Gasteiger partial charge in [0.15, 0.2) is 0 Å². The molecular weight excluding hydrogens is 300 g/mol. The number of hydrogen-bond acceptors (Lipinski definition) is 4. The van der Waals surface area contributed by atoms with E-state index in [9.17, 15) is 0 Å². The Kier molecular flexibility index (Phi) is 5.70. The molecule has 1 N–H and O–H groups in total. The number of para-hydroxylation sites is 1. The number of nitrogens with one attached hydrogen (secondary N) is 1. The number of rotatable bonds is 9. The van der Waals surface area contributed by atoms with Crippen LogP contribution in [0.15, 0.2) is 42.6 Å². The molecule has 0 unspecified atom stereocenters. The van der Waals surface area contributed by atoms with Crippen molar-refractivity contribution in [2.45, 2.75) is 25.9 Å². The molecule has 1 heterocycles. The summed E-state index contributed by atoms with van der Waals surface area (Å²) in [6, 6.07) is 11.9. The van der Waals surface area contributed by atoms with E-state index in [4.69, 9.17) is 15.9 Å². The van der Waals surface area contributed by atoms with Gasteiger partial charge in [-0.15, -0.1) is 6.42 Å². The molecular formula is C20H22N2O2. The monoisotopic (exact) mass is 322 g/mol. The van der Waals surface area contributed by atoms with E-state index in [0.29, 0.717) is 12.4 Å². The molecule has 3 rings (SSSR count). The first-order valence-corrected chi connectivity index (χ1v) is 8.28. The maximum atomic E-state index is 5.65. The summed E-state index contributed by atoms with van der Waals surface area (Å²) in [5, 5.41) is 3.40. The van der Waals surface area contributed by atoms with Crippen LogP contribution in [0.1, 0.15) is 24.0 Å². The number of ether oxygens (including phenoxy) is 2. The lowest BCUT2D eigenvalue weighted by Crippen LogP contribution is -2.14. The van der Waals surface area contributed by atoms with Crippen molar-refractivity contribution in [1.82, 2.24) is 10.3 Å². The molecule has 24 heavy (non-hydrogen) atoms. The lowest BCUT2D eigenvalue weighted by Gasteiger charge is -2.11.